The quantitative estimate of drug-likeness (QED) is 0.662. The lowest BCUT2D eigenvalue weighted by atomic mass is 9.94. The first kappa shape index (κ1) is 15.8. The normalized spacial score (nSPS) is 17.6. The highest BCUT2D eigenvalue weighted by atomic mass is 15.2. The van der Waals surface area contributed by atoms with E-state index in [1.165, 1.54) is 38.3 Å². The summed E-state index contributed by atoms with van der Waals surface area (Å²) in [5.74, 6) is 0. The van der Waals surface area contributed by atoms with Gasteiger partial charge in [0.05, 0.1) is 0 Å². The van der Waals surface area contributed by atoms with Crippen LogP contribution in [-0.4, -0.2) is 30.6 Å². The summed E-state index contributed by atoms with van der Waals surface area (Å²) in [7, 11) is 0. The molecule has 0 amide bonds. The zero-order chi connectivity index (χ0) is 13.9. The molecule has 1 saturated carbocycles. The predicted molar refractivity (Wildman–Crippen MR) is 83.7 cm³/mol. The summed E-state index contributed by atoms with van der Waals surface area (Å²) < 4.78 is 0. The third-order valence-corrected chi connectivity index (χ3v) is 3.77. The molecule has 0 aromatic heterocycles. The van der Waals surface area contributed by atoms with Crippen molar-refractivity contribution in [3.05, 3.63) is 36.7 Å². The predicted octanol–water partition coefficient (Wildman–Crippen LogP) is 2.77. The van der Waals surface area contributed by atoms with Crippen LogP contribution in [0.4, 0.5) is 0 Å². The van der Waals surface area contributed by atoms with Gasteiger partial charge in [-0.1, -0.05) is 38.8 Å². The van der Waals surface area contributed by atoms with E-state index in [-0.39, 0.29) is 0 Å². The molecule has 0 aromatic carbocycles. The third kappa shape index (κ3) is 6.48. The summed E-state index contributed by atoms with van der Waals surface area (Å²) >= 11 is 0. The molecule has 108 valence electrons. The number of likely N-dealkylation sites (N-methyl/N-ethyl adjacent to an activating group) is 1. The Morgan fingerprint density at radius 2 is 2.05 bits per heavy atom. The van der Waals surface area contributed by atoms with Crippen molar-refractivity contribution in [2.24, 2.45) is 5.73 Å². The lowest BCUT2D eigenvalue weighted by Gasteiger charge is -2.33. The Hall–Kier alpha value is -1.22. The van der Waals surface area contributed by atoms with Gasteiger partial charge in [0.15, 0.2) is 0 Å². The molecular weight excluding hydrogens is 234 g/mol. The van der Waals surface area contributed by atoms with E-state index in [0.29, 0.717) is 0 Å². The minimum absolute atomic E-state index is 0.796. The molecule has 0 aromatic rings. The van der Waals surface area contributed by atoms with Crippen LogP contribution in [0.3, 0.4) is 0 Å². The second-order valence-electron chi connectivity index (χ2n) is 5.12. The van der Waals surface area contributed by atoms with E-state index >= 15 is 0 Å². The second kappa shape index (κ2) is 9.68. The Kier molecular flexibility index (Phi) is 8.07. The molecule has 0 aliphatic heterocycles. The van der Waals surface area contributed by atoms with Crippen LogP contribution < -0.4 is 11.1 Å². The molecule has 1 aliphatic rings. The van der Waals surface area contributed by atoms with Gasteiger partial charge in [-0.25, -0.2) is 0 Å². The van der Waals surface area contributed by atoms with E-state index in [2.05, 4.69) is 23.7 Å². The van der Waals surface area contributed by atoms with Gasteiger partial charge in [0.2, 0.25) is 0 Å². The molecule has 0 saturated heterocycles. The van der Waals surface area contributed by atoms with Crippen molar-refractivity contribution in [1.82, 2.24) is 10.2 Å². The fourth-order valence-corrected chi connectivity index (χ4v) is 2.70. The lowest BCUT2D eigenvalue weighted by Crippen LogP contribution is -2.40. The van der Waals surface area contributed by atoms with Gasteiger partial charge in [0.25, 0.3) is 0 Å². The highest BCUT2D eigenvalue weighted by Gasteiger charge is 2.18. The Morgan fingerprint density at radius 3 is 2.68 bits per heavy atom. The Labute approximate surface area is 118 Å². The maximum atomic E-state index is 5.27. The largest absolute Gasteiger partial charge is 0.405 e. The molecule has 0 atom stereocenters. The van der Waals surface area contributed by atoms with E-state index in [1.807, 2.05) is 12.2 Å². The minimum Gasteiger partial charge on any atom is -0.405 e. The number of allylic oxidation sites excluding steroid dienone is 3. The molecule has 19 heavy (non-hydrogen) atoms. The van der Waals surface area contributed by atoms with Crippen LogP contribution in [0.25, 0.3) is 0 Å². The molecular formula is C16H29N3. The summed E-state index contributed by atoms with van der Waals surface area (Å²) in [6.45, 7) is 9.43. The van der Waals surface area contributed by atoms with Crippen LogP contribution in [0.15, 0.2) is 36.7 Å². The molecule has 1 fully saturated rings. The van der Waals surface area contributed by atoms with Gasteiger partial charge in [0.1, 0.15) is 0 Å². The third-order valence-electron chi connectivity index (χ3n) is 3.77. The Morgan fingerprint density at radius 1 is 1.32 bits per heavy atom. The van der Waals surface area contributed by atoms with Gasteiger partial charge in [-0.3, -0.25) is 4.90 Å². The van der Waals surface area contributed by atoms with E-state index in [9.17, 15) is 0 Å². The Bertz CT molecular complexity index is 301. The topological polar surface area (TPSA) is 41.3 Å². The van der Waals surface area contributed by atoms with Crippen molar-refractivity contribution < 1.29 is 0 Å². The Balaban J connectivity index is 2.23. The summed E-state index contributed by atoms with van der Waals surface area (Å²) in [4.78, 5) is 2.60. The average molecular weight is 263 g/mol. The molecule has 3 N–H and O–H groups in total. The van der Waals surface area contributed by atoms with Crippen LogP contribution >= 0.6 is 0 Å². The number of nitrogens with one attached hydrogen (secondary N) is 1. The summed E-state index contributed by atoms with van der Waals surface area (Å²) in [5, 5.41) is 3.35. The average Bonchev–Trinajstić information content (AvgIpc) is 2.45. The number of rotatable bonds is 8. The van der Waals surface area contributed by atoms with Crippen LogP contribution in [0.2, 0.25) is 0 Å². The molecule has 0 radical (unpaired) electrons. The van der Waals surface area contributed by atoms with Gasteiger partial charge < -0.3 is 11.1 Å². The highest BCUT2D eigenvalue weighted by Crippen LogP contribution is 2.21. The van der Waals surface area contributed by atoms with Crippen molar-refractivity contribution in [1.29, 1.82) is 0 Å². The van der Waals surface area contributed by atoms with Crippen LogP contribution in [0.5, 0.6) is 0 Å². The zero-order valence-electron chi connectivity index (χ0n) is 12.3. The molecule has 0 spiro atoms. The fourth-order valence-electron chi connectivity index (χ4n) is 2.70. The van der Waals surface area contributed by atoms with E-state index in [1.54, 1.807) is 6.08 Å². The zero-order valence-corrected chi connectivity index (χ0v) is 12.3. The van der Waals surface area contributed by atoms with Crippen LogP contribution in [-0.2, 0) is 0 Å². The standard InChI is InChI=1S/C16H29N3/c1-3-19(16-10-5-4-6-11-16)14-13-18-15(2)9-7-8-12-17/h7-9,12,16,18H,2-6,10-11,13-14,17H2,1H3/b9-7-,12-8-. The monoisotopic (exact) mass is 263 g/mol. The van der Waals surface area contributed by atoms with Crippen molar-refractivity contribution >= 4 is 0 Å². The molecule has 3 heteroatoms. The van der Waals surface area contributed by atoms with Crippen molar-refractivity contribution in [2.45, 2.75) is 45.1 Å². The first-order valence-electron chi connectivity index (χ1n) is 7.49. The van der Waals surface area contributed by atoms with Gasteiger partial charge in [0, 0.05) is 24.8 Å². The smallest absolute Gasteiger partial charge is 0.0274 e. The van der Waals surface area contributed by atoms with E-state index in [4.69, 9.17) is 5.73 Å². The molecule has 3 nitrogen and oxygen atoms in total. The first-order chi connectivity index (χ1) is 9.27. The van der Waals surface area contributed by atoms with E-state index in [0.717, 1.165) is 31.4 Å². The van der Waals surface area contributed by atoms with Crippen molar-refractivity contribution in [3.8, 4) is 0 Å². The summed E-state index contributed by atoms with van der Waals surface area (Å²) in [5.41, 5.74) is 6.21. The van der Waals surface area contributed by atoms with Crippen molar-refractivity contribution in [3.63, 3.8) is 0 Å². The van der Waals surface area contributed by atoms with Gasteiger partial charge in [-0.15, -0.1) is 0 Å². The van der Waals surface area contributed by atoms with E-state index < -0.39 is 0 Å². The molecule has 0 heterocycles. The highest BCUT2D eigenvalue weighted by molar-refractivity contribution is 5.17. The number of hydrogen-bond donors (Lipinski definition) is 2. The molecule has 0 bridgehead atoms. The maximum absolute atomic E-state index is 5.27. The fraction of sp³-hybridized carbons (Fsp3) is 0.625. The van der Waals surface area contributed by atoms with Crippen LogP contribution in [0, 0.1) is 0 Å². The second-order valence-corrected chi connectivity index (χ2v) is 5.12. The lowest BCUT2D eigenvalue weighted by molar-refractivity contribution is 0.165. The number of nitrogens with zero attached hydrogens (tertiary/aromatic N) is 1. The molecule has 1 rings (SSSR count). The van der Waals surface area contributed by atoms with Gasteiger partial charge in [-0.05, 0) is 37.7 Å². The van der Waals surface area contributed by atoms with Crippen LogP contribution in [0.1, 0.15) is 39.0 Å². The summed E-state index contributed by atoms with van der Waals surface area (Å²) in [6, 6.07) is 0.796. The van der Waals surface area contributed by atoms with Crippen molar-refractivity contribution in [2.75, 3.05) is 19.6 Å². The maximum Gasteiger partial charge on any atom is 0.0274 e. The summed E-state index contributed by atoms with van der Waals surface area (Å²) in [6.07, 6.45) is 14.1. The molecule has 1 aliphatic carbocycles. The SMILES string of the molecule is C=C(/C=C\C=C/N)NCCN(CC)C1CCCCC1. The number of hydrogen-bond acceptors (Lipinski definition) is 3. The molecule has 0 unspecified atom stereocenters. The van der Waals surface area contributed by atoms with Gasteiger partial charge in [-0.2, -0.15) is 0 Å². The minimum atomic E-state index is 0.796. The first-order valence-corrected chi connectivity index (χ1v) is 7.49. The van der Waals surface area contributed by atoms with Gasteiger partial charge >= 0.3 is 0 Å². The number of nitrogens with two attached hydrogens (primary N) is 1.